The molecule has 0 bridgehead atoms. The molecular weight excluding hydrogens is 412 g/mol. The maximum atomic E-state index is 12.2. The van der Waals surface area contributed by atoms with Crippen molar-refractivity contribution in [3.05, 3.63) is 102 Å². The van der Waals surface area contributed by atoms with Crippen molar-refractivity contribution >= 4 is 12.1 Å². The van der Waals surface area contributed by atoms with Crippen LogP contribution in [0.25, 0.3) is 0 Å². The van der Waals surface area contributed by atoms with E-state index in [0.717, 1.165) is 49.6 Å². The van der Waals surface area contributed by atoms with E-state index in [4.69, 9.17) is 4.74 Å². The molecular formula is C27H30N4O2. The molecule has 0 radical (unpaired) electrons. The van der Waals surface area contributed by atoms with Crippen molar-refractivity contribution in [2.24, 2.45) is 5.10 Å². The first-order valence-corrected chi connectivity index (χ1v) is 11.3. The van der Waals surface area contributed by atoms with E-state index in [0.29, 0.717) is 13.2 Å². The minimum Gasteiger partial charge on any atom is -0.489 e. The quantitative estimate of drug-likeness (QED) is 0.407. The first-order valence-electron chi connectivity index (χ1n) is 11.3. The Labute approximate surface area is 195 Å². The molecule has 6 nitrogen and oxygen atoms in total. The van der Waals surface area contributed by atoms with Gasteiger partial charge in [-0.3, -0.25) is 14.6 Å². The van der Waals surface area contributed by atoms with Gasteiger partial charge in [-0.05, 0) is 41.0 Å². The highest BCUT2D eigenvalue weighted by Crippen LogP contribution is 2.13. The molecule has 0 saturated carbocycles. The molecule has 1 N–H and O–H groups in total. The van der Waals surface area contributed by atoms with E-state index in [1.165, 1.54) is 5.56 Å². The lowest BCUT2D eigenvalue weighted by Gasteiger charge is -2.34. The van der Waals surface area contributed by atoms with Gasteiger partial charge in [0, 0.05) is 32.7 Å². The standard InChI is InChI=1S/C27H30N4O2/c32-27(21-31-17-15-30(16-18-31)20-24-7-3-1-4-8-24)29-28-19-23-11-13-26(14-12-23)33-22-25-9-5-2-6-10-25/h1-14,19H,15-18,20-22H2,(H,29,32). The lowest BCUT2D eigenvalue weighted by molar-refractivity contribution is -0.122. The molecule has 1 fully saturated rings. The molecule has 33 heavy (non-hydrogen) atoms. The molecule has 0 aromatic heterocycles. The van der Waals surface area contributed by atoms with Gasteiger partial charge in [0.1, 0.15) is 12.4 Å². The van der Waals surface area contributed by atoms with Gasteiger partial charge in [-0.2, -0.15) is 5.10 Å². The highest BCUT2D eigenvalue weighted by Gasteiger charge is 2.18. The number of benzene rings is 3. The van der Waals surface area contributed by atoms with E-state index in [9.17, 15) is 4.79 Å². The Hall–Kier alpha value is -3.48. The van der Waals surface area contributed by atoms with E-state index < -0.39 is 0 Å². The molecule has 1 aliphatic rings. The molecule has 3 aromatic carbocycles. The third-order valence-electron chi connectivity index (χ3n) is 5.61. The van der Waals surface area contributed by atoms with Gasteiger partial charge < -0.3 is 4.74 Å². The summed E-state index contributed by atoms with van der Waals surface area (Å²) in [5.74, 6) is 0.706. The molecule has 1 aliphatic heterocycles. The van der Waals surface area contributed by atoms with Crippen molar-refractivity contribution in [3.63, 3.8) is 0 Å². The number of carbonyl (C=O) groups is 1. The van der Waals surface area contributed by atoms with Crippen LogP contribution in [0.3, 0.4) is 0 Å². The summed E-state index contributed by atoms with van der Waals surface area (Å²) >= 11 is 0. The van der Waals surface area contributed by atoms with Gasteiger partial charge in [-0.15, -0.1) is 0 Å². The van der Waals surface area contributed by atoms with Gasteiger partial charge >= 0.3 is 0 Å². The van der Waals surface area contributed by atoms with Gasteiger partial charge in [0.05, 0.1) is 12.8 Å². The van der Waals surface area contributed by atoms with Gasteiger partial charge in [0.25, 0.3) is 5.91 Å². The lowest BCUT2D eigenvalue weighted by Crippen LogP contribution is -2.48. The predicted molar refractivity (Wildman–Crippen MR) is 131 cm³/mol. The van der Waals surface area contributed by atoms with Gasteiger partial charge in [-0.1, -0.05) is 60.7 Å². The largest absolute Gasteiger partial charge is 0.489 e. The van der Waals surface area contributed by atoms with Crippen LogP contribution < -0.4 is 10.2 Å². The number of amides is 1. The van der Waals surface area contributed by atoms with Crippen molar-refractivity contribution in [2.45, 2.75) is 13.2 Å². The SMILES string of the molecule is O=C(CN1CCN(Cc2ccccc2)CC1)NN=Cc1ccc(OCc2ccccc2)cc1. The Morgan fingerprint density at radius 1 is 0.818 bits per heavy atom. The third kappa shape index (κ3) is 7.56. The van der Waals surface area contributed by atoms with E-state index in [1.54, 1.807) is 6.21 Å². The topological polar surface area (TPSA) is 57.2 Å². The first kappa shape index (κ1) is 22.7. The summed E-state index contributed by atoms with van der Waals surface area (Å²) in [6.45, 7) is 5.55. The van der Waals surface area contributed by atoms with Gasteiger partial charge in [0.2, 0.25) is 0 Å². The number of hydrogen-bond acceptors (Lipinski definition) is 5. The van der Waals surface area contributed by atoms with Crippen LogP contribution in [0.2, 0.25) is 0 Å². The Bertz CT molecular complexity index is 1020. The number of piperazine rings is 1. The Morgan fingerprint density at radius 2 is 1.42 bits per heavy atom. The normalized spacial score (nSPS) is 14.9. The van der Waals surface area contributed by atoms with Crippen LogP contribution in [0.5, 0.6) is 5.75 Å². The second kappa shape index (κ2) is 11.9. The number of rotatable bonds is 9. The van der Waals surface area contributed by atoms with Crippen LogP contribution >= 0.6 is 0 Å². The van der Waals surface area contributed by atoms with Crippen molar-refractivity contribution in [1.82, 2.24) is 15.2 Å². The van der Waals surface area contributed by atoms with Crippen LogP contribution in [0, 0.1) is 0 Å². The minimum absolute atomic E-state index is 0.0921. The van der Waals surface area contributed by atoms with Crippen molar-refractivity contribution < 1.29 is 9.53 Å². The third-order valence-corrected chi connectivity index (χ3v) is 5.61. The van der Waals surface area contributed by atoms with E-state index in [1.807, 2.05) is 60.7 Å². The molecule has 0 spiro atoms. The zero-order valence-electron chi connectivity index (χ0n) is 18.8. The van der Waals surface area contributed by atoms with Crippen LogP contribution in [0.15, 0.2) is 90.0 Å². The van der Waals surface area contributed by atoms with Crippen LogP contribution in [-0.4, -0.2) is 54.6 Å². The fourth-order valence-electron chi connectivity index (χ4n) is 3.76. The fourth-order valence-corrected chi connectivity index (χ4v) is 3.76. The molecule has 1 saturated heterocycles. The van der Waals surface area contributed by atoms with Crippen molar-refractivity contribution in [1.29, 1.82) is 0 Å². The van der Waals surface area contributed by atoms with Crippen LogP contribution in [-0.2, 0) is 17.9 Å². The maximum Gasteiger partial charge on any atom is 0.254 e. The molecule has 170 valence electrons. The number of carbonyl (C=O) groups excluding carboxylic acids is 1. The lowest BCUT2D eigenvalue weighted by atomic mass is 10.2. The summed E-state index contributed by atoms with van der Waals surface area (Å²) in [6, 6.07) is 28.2. The highest BCUT2D eigenvalue weighted by atomic mass is 16.5. The number of hydrogen-bond donors (Lipinski definition) is 1. The first-order chi connectivity index (χ1) is 16.2. The maximum absolute atomic E-state index is 12.2. The summed E-state index contributed by atoms with van der Waals surface area (Å²) < 4.78 is 5.79. The van der Waals surface area contributed by atoms with E-state index in [2.05, 4.69) is 44.6 Å². The van der Waals surface area contributed by atoms with Crippen molar-refractivity contribution in [2.75, 3.05) is 32.7 Å². The molecule has 4 rings (SSSR count). The monoisotopic (exact) mass is 442 g/mol. The molecule has 0 unspecified atom stereocenters. The molecule has 3 aromatic rings. The number of hydrazone groups is 1. The predicted octanol–water partition coefficient (Wildman–Crippen LogP) is 3.53. The summed E-state index contributed by atoms with van der Waals surface area (Å²) in [6.07, 6.45) is 1.65. The van der Waals surface area contributed by atoms with Crippen LogP contribution in [0.1, 0.15) is 16.7 Å². The second-order valence-electron chi connectivity index (χ2n) is 8.17. The summed E-state index contributed by atoms with van der Waals surface area (Å²) in [7, 11) is 0. The van der Waals surface area contributed by atoms with Gasteiger partial charge in [-0.25, -0.2) is 5.43 Å². The molecule has 1 amide bonds. The average Bonchev–Trinajstić information content (AvgIpc) is 2.86. The zero-order valence-corrected chi connectivity index (χ0v) is 18.8. The Morgan fingerprint density at radius 3 is 2.09 bits per heavy atom. The Balaban J connectivity index is 1.14. The van der Waals surface area contributed by atoms with Crippen molar-refractivity contribution in [3.8, 4) is 5.75 Å². The second-order valence-corrected chi connectivity index (χ2v) is 8.17. The number of ether oxygens (including phenoxy) is 1. The van der Waals surface area contributed by atoms with E-state index >= 15 is 0 Å². The van der Waals surface area contributed by atoms with E-state index in [-0.39, 0.29) is 5.91 Å². The smallest absolute Gasteiger partial charge is 0.254 e. The average molecular weight is 443 g/mol. The minimum atomic E-state index is -0.0921. The summed E-state index contributed by atoms with van der Waals surface area (Å²) in [4.78, 5) is 16.8. The van der Waals surface area contributed by atoms with Gasteiger partial charge in [0.15, 0.2) is 0 Å². The number of nitrogens with zero attached hydrogens (tertiary/aromatic N) is 3. The Kier molecular flexibility index (Phi) is 8.22. The van der Waals surface area contributed by atoms with Crippen LogP contribution in [0.4, 0.5) is 0 Å². The molecule has 0 atom stereocenters. The fraction of sp³-hybridized carbons (Fsp3) is 0.259. The summed E-state index contributed by atoms with van der Waals surface area (Å²) in [5.41, 5.74) is 5.99. The molecule has 1 heterocycles. The molecule has 0 aliphatic carbocycles. The number of nitrogens with one attached hydrogen (secondary N) is 1. The molecule has 6 heteroatoms. The summed E-state index contributed by atoms with van der Waals surface area (Å²) in [5, 5.41) is 4.10. The highest BCUT2D eigenvalue weighted by molar-refractivity contribution is 5.83. The zero-order chi connectivity index (χ0) is 22.7.